The van der Waals surface area contributed by atoms with Gasteiger partial charge in [0.05, 0.1) is 6.10 Å². The van der Waals surface area contributed by atoms with Crippen molar-refractivity contribution in [2.75, 3.05) is 11.9 Å². The van der Waals surface area contributed by atoms with Crippen molar-refractivity contribution in [3.8, 4) is 0 Å². The highest BCUT2D eigenvalue weighted by molar-refractivity contribution is 9.09. The highest BCUT2D eigenvalue weighted by atomic mass is 79.9. The fraction of sp³-hybridized carbons (Fsp3) is 0.938. The molecule has 2 saturated carbocycles. The molecule has 0 aliphatic heterocycles. The van der Waals surface area contributed by atoms with Crippen LogP contribution in [0.15, 0.2) is 0 Å². The first-order valence-electron chi connectivity index (χ1n) is 8.05. The molecule has 2 rings (SSSR count). The molecule has 0 radical (unpaired) electrons. The first-order valence-corrected chi connectivity index (χ1v) is 9.17. The Morgan fingerprint density at radius 2 is 2.20 bits per heavy atom. The fourth-order valence-electron chi connectivity index (χ4n) is 3.75. The van der Waals surface area contributed by atoms with Crippen LogP contribution in [0.2, 0.25) is 0 Å². The molecule has 2 aliphatic carbocycles. The zero-order valence-electron chi connectivity index (χ0n) is 12.8. The summed E-state index contributed by atoms with van der Waals surface area (Å²) in [5, 5.41) is 4.21. The summed E-state index contributed by atoms with van der Waals surface area (Å²) in [5.74, 6) is 1.48. The number of carbonyl (C=O) groups is 1. The van der Waals surface area contributed by atoms with Gasteiger partial charge in [0.2, 0.25) is 5.91 Å². The molecule has 0 heterocycles. The second-order valence-corrected chi connectivity index (χ2v) is 7.34. The van der Waals surface area contributed by atoms with Crippen molar-refractivity contribution in [2.45, 2.75) is 70.4 Å². The Labute approximate surface area is 131 Å². The monoisotopic (exact) mass is 345 g/mol. The van der Waals surface area contributed by atoms with Crippen molar-refractivity contribution in [3.63, 3.8) is 0 Å². The van der Waals surface area contributed by atoms with Crippen LogP contribution in [0.1, 0.15) is 58.8 Å². The van der Waals surface area contributed by atoms with E-state index in [1.54, 1.807) is 0 Å². The maximum absolute atomic E-state index is 12.3. The van der Waals surface area contributed by atoms with Crippen LogP contribution in [0, 0.1) is 11.8 Å². The van der Waals surface area contributed by atoms with Crippen LogP contribution in [-0.4, -0.2) is 29.5 Å². The number of hydrogen-bond acceptors (Lipinski definition) is 2. The molecule has 2 atom stereocenters. The Balaban J connectivity index is 1.76. The second kappa shape index (κ2) is 7.26. The molecule has 0 spiro atoms. The summed E-state index contributed by atoms with van der Waals surface area (Å²) >= 11 is 3.62. The first kappa shape index (κ1) is 16.3. The van der Waals surface area contributed by atoms with Crippen LogP contribution in [0.3, 0.4) is 0 Å². The van der Waals surface area contributed by atoms with E-state index in [1.165, 1.54) is 12.8 Å². The van der Waals surface area contributed by atoms with Gasteiger partial charge in [-0.2, -0.15) is 0 Å². The molecule has 1 amide bonds. The van der Waals surface area contributed by atoms with Gasteiger partial charge in [-0.3, -0.25) is 4.79 Å². The molecule has 0 aromatic rings. The molecule has 2 fully saturated rings. The highest BCUT2D eigenvalue weighted by Gasteiger charge is 2.37. The maximum atomic E-state index is 12.3. The SMILES string of the molecule is CCOC1CC(CC(=O)NC2(CBr)CCCC(C)C2)C1. The first-order chi connectivity index (χ1) is 9.57. The number of halogens is 1. The third-order valence-corrected chi connectivity index (χ3v) is 5.89. The molecule has 0 saturated heterocycles. The minimum Gasteiger partial charge on any atom is -0.378 e. The summed E-state index contributed by atoms with van der Waals surface area (Å²) in [6.07, 6.45) is 7.92. The van der Waals surface area contributed by atoms with Crippen molar-refractivity contribution < 1.29 is 9.53 Å². The zero-order valence-corrected chi connectivity index (χ0v) is 14.4. The summed E-state index contributed by atoms with van der Waals surface area (Å²) in [5.41, 5.74) is -0.00217. The Bertz CT molecular complexity index is 330. The quantitative estimate of drug-likeness (QED) is 0.746. The third kappa shape index (κ3) is 4.20. The third-order valence-electron chi connectivity index (χ3n) is 4.82. The number of alkyl halides is 1. The van der Waals surface area contributed by atoms with Crippen LogP contribution in [0.4, 0.5) is 0 Å². The van der Waals surface area contributed by atoms with E-state index in [0.29, 0.717) is 24.4 Å². The Morgan fingerprint density at radius 3 is 2.80 bits per heavy atom. The molecular weight excluding hydrogens is 318 g/mol. The van der Waals surface area contributed by atoms with Gasteiger partial charge in [0.1, 0.15) is 0 Å². The number of nitrogens with one attached hydrogen (secondary N) is 1. The molecule has 3 nitrogen and oxygen atoms in total. The van der Waals surface area contributed by atoms with Crippen molar-refractivity contribution >= 4 is 21.8 Å². The Hall–Kier alpha value is -0.0900. The van der Waals surface area contributed by atoms with E-state index in [0.717, 1.165) is 37.6 Å². The minimum atomic E-state index is -0.00217. The van der Waals surface area contributed by atoms with E-state index >= 15 is 0 Å². The smallest absolute Gasteiger partial charge is 0.220 e. The lowest BCUT2D eigenvalue weighted by Crippen LogP contribution is -2.53. The van der Waals surface area contributed by atoms with Gasteiger partial charge in [-0.15, -0.1) is 0 Å². The molecule has 4 heteroatoms. The van der Waals surface area contributed by atoms with Gasteiger partial charge >= 0.3 is 0 Å². The van der Waals surface area contributed by atoms with E-state index < -0.39 is 0 Å². The van der Waals surface area contributed by atoms with Crippen LogP contribution < -0.4 is 5.32 Å². The fourth-order valence-corrected chi connectivity index (χ4v) is 4.40. The van der Waals surface area contributed by atoms with Crippen molar-refractivity contribution in [2.24, 2.45) is 11.8 Å². The second-order valence-electron chi connectivity index (χ2n) is 6.78. The summed E-state index contributed by atoms with van der Waals surface area (Å²) in [4.78, 5) is 12.3. The number of amides is 1. The normalized spacial score (nSPS) is 37.2. The van der Waals surface area contributed by atoms with Gasteiger partial charge in [-0.1, -0.05) is 35.7 Å². The molecule has 0 aromatic heterocycles. The van der Waals surface area contributed by atoms with Crippen LogP contribution in [0.25, 0.3) is 0 Å². The highest BCUT2D eigenvalue weighted by Crippen LogP contribution is 2.35. The molecule has 116 valence electrons. The molecule has 0 bridgehead atoms. The summed E-state index contributed by atoms with van der Waals surface area (Å²) in [6, 6.07) is 0. The average Bonchev–Trinajstić information content (AvgIpc) is 2.36. The lowest BCUT2D eigenvalue weighted by molar-refractivity contribution is -0.126. The predicted octanol–water partition coefficient (Wildman–Crippen LogP) is 3.65. The van der Waals surface area contributed by atoms with Gasteiger partial charge in [0.25, 0.3) is 0 Å². The van der Waals surface area contributed by atoms with Crippen molar-refractivity contribution in [3.05, 3.63) is 0 Å². The Kier molecular flexibility index (Phi) is 5.91. The number of rotatable bonds is 6. The van der Waals surface area contributed by atoms with E-state index in [4.69, 9.17) is 4.74 Å². The molecule has 2 unspecified atom stereocenters. The standard InChI is InChI=1S/C16H28BrNO2/c1-3-20-14-7-13(8-14)9-15(19)18-16(11-17)6-4-5-12(2)10-16/h12-14H,3-11H2,1-2H3,(H,18,19). The lowest BCUT2D eigenvalue weighted by Gasteiger charge is -2.41. The molecule has 1 N–H and O–H groups in total. The van der Waals surface area contributed by atoms with E-state index in [9.17, 15) is 4.79 Å². The number of carbonyl (C=O) groups excluding carboxylic acids is 1. The summed E-state index contributed by atoms with van der Waals surface area (Å²) < 4.78 is 5.56. The minimum absolute atomic E-state index is 0.00217. The lowest BCUT2D eigenvalue weighted by atomic mass is 9.76. The zero-order chi connectivity index (χ0) is 14.6. The van der Waals surface area contributed by atoms with Gasteiger partial charge in [0, 0.05) is 23.9 Å². The predicted molar refractivity (Wildman–Crippen MR) is 85.1 cm³/mol. The van der Waals surface area contributed by atoms with Gasteiger partial charge < -0.3 is 10.1 Å². The van der Waals surface area contributed by atoms with E-state index in [-0.39, 0.29) is 11.4 Å². The number of ether oxygens (including phenoxy) is 1. The van der Waals surface area contributed by atoms with Crippen LogP contribution >= 0.6 is 15.9 Å². The molecular formula is C16H28BrNO2. The maximum Gasteiger partial charge on any atom is 0.220 e. The molecule has 2 aliphatic rings. The summed E-state index contributed by atoms with van der Waals surface area (Å²) in [6.45, 7) is 5.11. The van der Waals surface area contributed by atoms with Gasteiger partial charge in [-0.05, 0) is 44.4 Å². The Morgan fingerprint density at radius 1 is 1.45 bits per heavy atom. The van der Waals surface area contributed by atoms with Crippen LogP contribution in [-0.2, 0) is 9.53 Å². The number of hydrogen-bond donors (Lipinski definition) is 1. The molecule has 0 aromatic carbocycles. The average molecular weight is 346 g/mol. The topological polar surface area (TPSA) is 38.3 Å². The van der Waals surface area contributed by atoms with Crippen molar-refractivity contribution in [1.29, 1.82) is 0 Å². The van der Waals surface area contributed by atoms with E-state index in [2.05, 4.69) is 28.2 Å². The largest absolute Gasteiger partial charge is 0.378 e. The summed E-state index contributed by atoms with van der Waals surface area (Å²) in [7, 11) is 0. The molecule has 20 heavy (non-hydrogen) atoms. The van der Waals surface area contributed by atoms with Crippen molar-refractivity contribution in [1.82, 2.24) is 5.32 Å². The van der Waals surface area contributed by atoms with Crippen LogP contribution in [0.5, 0.6) is 0 Å². The van der Waals surface area contributed by atoms with Gasteiger partial charge in [0.15, 0.2) is 0 Å². The van der Waals surface area contributed by atoms with Gasteiger partial charge in [-0.25, -0.2) is 0 Å². The van der Waals surface area contributed by atoms with E-state index in [1.807, 2.05) is 6.92 Å².